The summed E-state index contributed by atoms with van der Waals surface area (Å²) < 4.78 is 29.1. The molecule has 0 radical (unpaired) electrons. The summed E-state index contributed by atoms with van der Waals surface area (Å²) in [5.41, 5.74) is 5.18. The number of sulfonamides is 1. The number of hydrogen-bond donors (Lipinski definition) is 2. The van der Waals surface area contributed by atoms with Crippen LogP contribution in [0, 0.1) is 20.8 Å². The number of aromatic carboxylic acids is 1. The Morgan fingerprint density at radius 1 is 0.971 bits per heavy atom. The Morgan fingerprint density at radius 2 is 1.74 bits per heavy atom. The predicted octanol–water partition coefficient (Wildman–Crippen LogP) is 4.83. The fourth-order valence-electron chi connectivity index (χ4n) is 4.48. The van der Waals surface area contributed by atoms with Crippen molar-refractivity contribution in [2.24, 2.45) is 0 Å². The van der Waals surface area contributed by atoms with E-state index in [0.29, 0.717) is 18.8 Å². The Bertz CT molecular complexity index is 1370. The van der Waals surface area contributed by atoms with E-state index in [4.69, 9.17) is 0 Å². The predicted molar refractivity (Wildman–Crippen MR) is 140 cm³/mol. The third-order valence-electron chi connectivity index (χ3n) is 6.58. The molecule has 1 aliphatic heterocycles. The van der Waals surface area contributed by atoms with Crippen molar-refractivity contribution in [3.8, 4) is 0 Å². The number of nitrogens with zero attached hydrogens (tertiary/aromatic N) is 2. The molecule has 35 heavy (non-hydrogen) atoms. The molecule has 0 spiro atoms. The summed E-state index contributed by atoms with van der Waals surface area (Å²) in [6.07, 6.45) is 0. The number of benzene rings is 3. The van der Waals surface area contributed by atoms with Gasteiger partial charge in [-0.15, -0.1) is 0 Å². The van der Waals surface area contributed by atoms with Gasteiger partial charge < -0.3 is 14.9 Å². The second-order valence-electron chi connectivity index (χ2n) is 9.22. The standard InChI is InChI=1S/C27H31N3O4S/c1-18-6-5-7-23(14-18)30-13-12-29(17-21(30)4)26-11-9-22(27(31)32)16-25(26)28-35(33,34)24-10-8-19(2)20(3)15-24/h5-11,14-16,21,28H,12-13,17H2,1-4H3,(H,31,32). The lowest BCUT2D eigenvalue weighted by Gasteiger charge is -2.43. The van der Waals surface area contributed by atoms with Crippen molar-refractivity contribution in [3.63, 3.8) is 0 Å². The molecule has 1 atom stereocenters. The van der Waals surface area contributed by atoms with E-state index >= 15 is 0 Å². The Labute approximate surface area is 207 Å². The van der Waals surface area contributed by atoms with Crippen LogP contribution in [-0.4, -0.2) is 45.2 Å². The largest absolute Gasteiger partial charge is 0.478 e. The van der Waals surface area contributed by atoms with Gasteiger partial charge >= 0.3 is 5.97 Å². The first-order chi connectivity index (χ1) is 16.5. The molecular weight excluding hydrogens is 462 g/mol. The van der Waals surface area contributed by atoms with Crippen LogP contribution in [0.3, 0.4) is 0 Å². The molecule has 2 N–H and O–H groups in total. The number of carbonyl (C=O) groups is 1. The quantitative estimate of drug-likeness (QED) is 0.511. The van der Waals surface area contributed by atoms with Gasteiger partial charge in [0.1, 0.15) is 0 Å². The van der Waals surface area contributed by atoms with E-state index in [1.165, 1.54) is 17.7 Å². The van der Waals surface area contributed by atoms with E-state index < -0.39 is 16.0 Å². The first kappa shape index (κ1) is 24.6. The first-order valence-corrected chi connectivity index (χ1v) is 13.1. The zero-order chi connectivity index (χ0) is 25.3. The first-order valence-electron chi connectivity index (χ1n) is 11.6. The summed E-state index contributed by atoms with van der Waals surface area (Å²) >= 11 is 0. The fraction of sp³-hybridized carbons (Fsp3) is 0.296. The Morgan fingerprint density at radius 3 is 2.40 bits per heavy atom. The Hall–Kier alpha value is -3.52. The van der Waals surface area contributed by atoms with Crippen molar-refractivity contribution >= 4 is 33.1 Å². The molecule has 3 aromatic carbocycles. The van der Waals surface area contributed by atoms with Gasteiger partial charge in [0.15, 0.2) is 0 Å². The number of piperazine rings is 1. The maximum Gasteiger partial charge on any atom is 0.335 e. The van der Waals surface area contributed by atoms with Gasteiger partial charge in [-0.25, -0.2) is 13.2 Å². The number of aryl methyl sites for hydroxylation is 3. The average molecular weight is 494 g/mol. The van der Waals surface area contributed by atoms with E-state index in [1.54, 1.807) is 24.3 Å². The molecule has 1 unspecified atom stereocenters. The van der Waals surface area contributed by atoms with Crippen LogP contribution in [0.2, 0.25) is 0 Å². The van der Waals surface area contributed by atoms with Crippen molar-refractivity contribution in [2.75, 3.05) is 34.2 Å². The molecule has 1 heterocycles. The number of anilines is 3. The SMILES string of the molecule is Cc1cccc(N2CCN(c3ccc(C(=O)O)cc3NS(=O)(=O)c3ccc(C)c(C)c3)CC2C)c1. The van der Waals surface area contributed by atoms with Crippen LogP contribution in [0.5, 0.6) is 0 Å². The molecule has 0 bridgehead atoms. The van der Waals surface area contributed by atoms with Crippen LogP contribution in [0.15, 0.2) is 65.6 Å². The fourth-order valence-corrected chi connectivity index (χ4v) is 5.63. The molecule has 0 amide bonds. The summed E-state index contributed by atoms with van der Waals surface area (Å²) in [5, 5.41) is 9.52. The van der Waals surface area contributed by atoms with Crippen LogP contribution in [0.4, 0.5) is 17.1 Å². The van der Waals surface area contributed by atoms with Gasteiger partial charge in [0.2, 0.25) is 0 Å². The third-order valence-corrected chi connectivity index (χ3v) is 7.94. The molecule has 0 aromatic heterocycles. The molecule has 1 fully saturated rings. The third kappa shape index (κ3) is 5.27. The normalized spacial score (nSPS) is 16.3. The number of carboxylic acids is 1. The van der Waals surface area contributed by atoms with Crippen LogP contribution in [-0.2, 0) is 10.0 Å². The van der Waals surface area contributed by atoms with Crippen molar-refractivity contribution in [1.82, 2.24) is 0 Å². The second kappa shape index (κ2) is 9.62. The summed E-state index contributed by atoms with van der Waals surface area (Å²) in [6.45, 7) is 10.1. The summed E-state index contributed by atoms with van der Waals surface area (Å²) in [4.78, 5) is 16.2. The molecule has 0 saturated carbocycles. The lowest BCUT2D eigenvalue weighted by Crippen LogP contribution is -2.52. The van der Waals surface area contributed by atoms with Gasteiger partial charge in [-0.2, -0.15) is 0 Å². The minimum Gasteiger partial charge on any atom is -0.478 e. The monoisotopic (exact) mass is 493 g/mol. The molecular formula is C27H31N3O4S. The molecule has 7 nitrogen and oxygen atoms in total. The topological polar surface area (TPSA) is 89.9 Å². The van der Waals surface area contributed by atoms with Gasteiger partial charge in [0, 0.05) is 31.4 Å². The van der Waals surface area contributed by atoms with Gasteiger partial charge in [-0.05, 0) is 86.8 Å². The van der Waals surface area contributed by atoms with E-state index in [-0.39, 0.29) is 22.2 Å². The van der Waals surface area contributed by atoms with Gasteiger partial charge in [0.25, 0.3) is 10.0 Å². The molecule has 0 aliphatic carbocycles. The maximum atomic E-state index is 13.2. The van der Waals surface area contributed by atoms with Crippen LogP contribution in [0.25, 0.3) is 0 Å². The zero-order valence-electron chi connectivity index (χ0n) is 20.4. The highest BCUT2D eigenvalue weighted by molar-refractivity contribution is 7.92. The highest BCUT2D eigenvalue weighted by Gasteiger charge is 2.27. The molecule has 8 heteroatoms. The van der Waals surface area contributed by atoms with Gasteiger partial charge in [-0.1, -0.05) is 18.2 Å². The molecule has 4 rings (SSSR count). The maximum absolute atomic E-state index is 13.2. The summed E-state index contributed by atoms with van der Waals surface area (Å²) in [7, 11) is -3.91. The van der Waals surface area contributed by atoms with Crippen LogP contribution >= 0.6 is 0 Å². The van der Waals surface area contributed by atoms with Gasteiger partial charge in [0.05, 0.1) is 21.8 Å². The molecule has 3 aromatic rings. The Kier molecular flexibility index (Phi) is 6.76. The van der Waals surface area contributed by atoms with E-state index in [2.05, 4.69) is 46.6 Å². The number of rotatable bonds is 6. The molecule has 184 valence electrons. The minimum atomic E-state index is -3.91. The van der Waals surface area contributed by atoms with Crippen molar-refractivity contribution in [2.45, 2.75) is 38.6 Å². The molecule has 1 aliphatic rings. The number of hydrogen-bond acceptors (Lipinski definition) is 5. The number of carboxylic acid groups (broad SMARTS) is 1. The number of nitrogens with one attached hydrogen (secondary N) is 1. The van der Waals surface area contributed by atoms with Gasteiger partial charge in [-0.3, -0.25) is 4.72 Å². The lowest BCUT2D eigenvalue weighted by molar-refractivity contribution is 0.0697. The van der Waals surface area contributed by atoms with Crippen LogP contribution in [0.1, 0.15) is 34.0 Å². The molecule has 1 saturated heterocycles. The zero-order valence-corrected chi connectivity index (χ0v) is 21.3. The summed E-state index contributed by atoms with van der Waals surface area (Å²) in [5.74, 6) is -1.11. The Balaban J connectivity index is 1.64. The van der Waals surface area contributed by atoms with Crippen molar-refractivity contribution < 1.29 is 18.3 Å². The van der Waals surface area contributed by atoms with E-state index in [0.717, 1.165) is 23.4 Å². The lowest BCUT2D eigenvalue weighted by atomic mass is 10.1. The summed E-state index contributed by atoms with van der Waals surface area (Å²) in [6, 6.07) is 18.1. The van der Waals surface area contributed by atoms with E-state index in [1.807, 2.05) is 19.9 Å². The van der Waals surface area contributed by atoms with E-state index in [9.17, 15) is 18.3 Å². The highest BCUT2D eigenvalue weighted by Crippen LogP contribution is 2.32. The second-order valence-corrected chi connectivity index (χ2v) is 10.9. The van der Waals surface area contributed by atoms with Crippen LogP contribution < -0.4 is 14.5 Å². The highest BCUT2D eigenvalue weighted by atomic mass is 32.2. The minimum absolute atomic E-state index is 0.0259. The smallest absolute Gasteiger partial charge is 0.335 e. The van der Waals surface area contributed by atoms with Crippen molar-refractivity contribution in [3.05, 3.63) is 82.9 Å². The van der Waals surface area contributed by atoms with Crippen molar-refractivity contribution in [1.29, 1.82) is 0 Å². The average Bonchev–Trinajstić information content (AvgIpc) is 2.80.